The maximum atomic E-state index is 5.44. The Morgan fingerprint density at radius 1 is 1.19 bits per heavy atom. The number of hydrogen-bond donors (Lipinski definition) is 1. The van der Waals surface area contributed by atoms with Crippen LogP contribution in [0.25, 0.3) is 0 Å². The molecule has 1 aliphatic rings. The van der Waals surface area contributed by atoms with Crippen LogP contribution in [-0.4, -0.2) is 21.3 Å². The molecule has 2 rings (SSSR count). The number of methoxy groups -OCH3 is 2. The number of hydrogen-bond acceptors (Lipinski definition) is 3. The largest absolute Gasteiger partial charge is 0.496 e. The van der Waals surface area contributed by atoms with Crippen LogP contribution in [0.3, 0.4) is 0 Å². The molecule has 88 valence electrons. The standard InChI is InChI=1S/C13H19NO2/c1-8-7-9-10(15-3)5-6-11(16-4)12(9)13(8)14-2/h5-6,8,13-14H,7H2,1-4H3. The molecule has 2 atom stereocenters. The van der Waals surface area contributed by atoms with Crippen molar-refractivity contribution in [3.8, 4) is 11.5 Å². The van der Waals surface area contributed by atoms with Gasteiger partial charge in [-0.2, -0.15) is 0 Å². The number of nitrogens with one attached hydrogen (secondary N) is 1. The van der Waals surface area contributed by atoms with Gasteiger partial charge in [0, 0.05) is 17.2 Å². The Kier molecular flexibility index (Phi) is 3.06. The fourth-order valence-electron chi connectivity index (χ4n) is 2.70. The first-order chi connectivity index (χ1) is 7.72. The lowest BCUT2D eigenvalue weighted by Gasteiger charge is -2.18. The predicted molar refractivity (Wildman–Crippen MR) is 64.2 cm³/mol. The van der Waals surface area contributed by atoms with Gasteiger partial charge in [-0.3, -0.25) is 0 Å². The van der Waals surface area contributed by atoms with Crippen molar-refractivity contribution < 1.29 is 9.47 Å². The van der Waals surface area contributed by atoms with Gasteiger partial charge in [0.05, 0.1) is 14.2 Å². The Morgan fingerprint density at radius 2 is 1.81 bits per heavy atom. The molecule has 2 unspecified atom stereocenters. The first-order valence-corrected chi connectivity index (χ1v) is 5.64. The first kappa shape index (κ1) is 11.3. The fourth-order valence-corrected chi connectivity index (χ4v) is 2.70. The quantitative estimate of drug-likeness (QED) is 0.848. The smallest absolute Gasteiger partial charge is 0.124 e. The molecule has 0 radical (unpaired) electrons. The SMILES string of the molecule is CNC1c2c(OC)ccc(OC)c2CC1C. The van der Waals surface area contributed by atoms with Crippen LogP contribution in [0.4, 0.5) is 0 Å². The molecule has 1 aliphatic carbocycles. The average molecular weight is 221 g/mol. The molecule has 16 heavy (non-hydrogen) atoms. The van der Waals surface area contributed by atoms with Gasteiger partial charge in [0.2, 0.25) is 0 Å². The molecule has 0 aliphatic heterocycles. The summed E-state index contributed by atoms with van der Waals surface area (Å²) in [6.45, 7) is 2.25. The second-order valence-corrected chi connectivity index (χ2v) is 4.31. The Balaban J connectivity index is 2.56. The molecule has 0 heterocycles. The van der Waals surface area contributed by atoms with Crippen LogP contribution in [0.1, 0.15) is 24.1 Å². The van der Waals surface area contributed by atoms with Crippen molar-refractivity contribution in [2.75, 3.05) is 21.3 Å². The van der Waals surface area contributed by atoms with Crippen molar-refractivity contribution >= 4 is 0 Å². The zero-order valence-electron chi connectivity index (χ0n) is 10.3. The lowest BCUT2D eigenvalue weighted by Crippen LogP contribution is -2.19. The van der Waals surface area contributed by atoms with E-state index in [0.29, 0.717) is 12.0 Å². The van der Waals surface area contributed by atoms with Gasteiger partial charge in [-0.25, -0.2) is 0 Å². The van der Waals surface area contributed by atoms with Crippen LogP contribution in [0.2, 0.25) is 0 Å². The first-order valence-electron chi connectivity index (χ1n) is 5.64. The highest BCUT2D eigenvalue weighted by molar-refractivity contribution is 5.53. The minimum Gasteiger partial charge on any atom is -0.496 e. The van der Waals surface area contributed by atoms with Gasteiger partial charge in [-0.15, -0.1) is 0 Å². The second kappa shape index (κ2) is 4.34. The lowest BCUT2D eigenvalue weighted by molar-refractivity contribution is 0.388. The Morgan fingerprint density at radius 3 is 2.38 bits per heavy atom. The predicted octanol–water partition coefficient (Wildman–Crippen LogP) is 2.16. The third-order valence-corrected chi connectivity index (χ3v) is 3.43. The minimum absolute atomic E-state index is 0.361. The zero-order valence-corrected chi connectivity index (χ0v) is 10.3. The van der Waals surface area contributed by atoms with Gasteiger partial charge < -0.3 is 14.8 Å². The summed E-state index contributed by atoms with van der Waals surface area (Å²) in [5.74, 6) is 2.50. The van der Waals surface area contributed by atoms with Crippen molar-refractivity contribution in [1.29, 1.82) is 0 Å². The van der Waals surface area contributed by atoms with Crippen molar-refractivity contribution in [2.24, 2.45) is 5.92 Å². The molecule has 0 amide bonds. The summed E-state index contributed by atoms with van der Waals surface area (Å²) in [6, 6.07) is 4.34. The molecular weight excluding hydrogens is 202 g/mol. The van der Waals surface area contributed by atoms with E-state index < -0.39 is 0 Å². The van der Waals surface area contributed by atoms with Gasteiger partial charge in [0.15, 0.2) is 0 Å². The molecule has 1 aromatic rings. The lowest BCUT2D eigenvalue weighted by atomic mass is 10.0. The molecule has 1 N–H and O–H groups in total. The number of fused-ring (bicyclic) bond motifs is 1. The second-order valence-electron chi connectivity index (χ2n) is 4.31. The van der Waals surface area contributed by atoms with Gasteiger partial charge in [-0.1, -0.05) is 6.92 Å². The summed E-state index contributed by atoms with van der Waals surface area (Å²) in [5.41, 5.74) is 2.55. The minimum atomic E-state index is 0.361. The Labute approximate surface area is 96.8 Å². The highest BCUT2D eigenvalue weighted by atomic mass is 16.5. The monoisotopic (exact) mass is 221 g/mol. The van der Waals surface area contributed by atoms with E-state index in [4.69, 9.17) is 9.47 Å². The van der Waals surface area contributed by atoms with E-state index in [1.165, 1.54) is 11.1 Å². The van der Waals surface area contributed by atoms with Gasteiger partial charge in [-0.05, 0) is 31.5 Å². The highest BCUT2D eigenvalue weighted by Crippen LogP contribution is 2.45. The van der Waals surface area contributed by atoms with Crippen molar-refractivity contribution in [3.63, 3.8) is 0 Å². The van der Waals surface area contributed by atoms with Gasteiger partial charge in [0.25, 0.3) is 0 Å². The third-order valence-electron chi connectivity index (χ3n) is 3.43. The molecule has 0 saturated carbocycles. The maximum absolute atomic E-state index is 5.44. The average Bonchev–Trinajstić information content (AvgIpc) is 2.64. The Bertz CT molecular complexity index is 390. The highest BCUT2D eigenvalue weighted by Gasteiger charge is 2.33. The van der Waals surface area contributed by atoms with Crippen LogP contribution < -0.4 is 14.8 Å². The van der Waals surface area contributed by atoms with Crippen LogP contribution in [0.5, 0.6) is 11.5 Å². The van der Waals surface area contributed by atoms with Crippen LogP contribution in [0.15, 0.2) is 12.1 Å². The number of rotatable bonds is 3. The van der Waals surface area contributed by atoms with Crippen LogP contribution >= 0.6 is 0 Å². The van der Waals surface area contributed by atoms with E-state index in [0.717, 1.165) is 17.9 Å². The summed E-state index contributed by atoms with van der Waals surface area (Å²) >= 11 is 0. The van der Waals surface area contributed by atoms with Gasteiger partial charge >= 0.3 is 0 Å². The number of ether oxygens (including phenoxy) is 2. The molecule has 3 heteroatoms. The zero-order chi connectivity index (χ0) is 11.7. The molecule has 0 aromatic heterocycles. The molecule has 1 aromatic carbocycles. The molecular formula is C13H19NO2. The topological polar surface area (TPSA) is 30.5 Å². The van der Waals surface area contributed by atoms with Crippen LogP contribution in [0, 0.1) is 5.92 Å². The van der Waals surface area contributed by atoms with E-state index in [2.05, 4.69) is 12.2 Å². The van der Waals surface area contributed by atoms with Crippen molar-refractivity contribution in [3.05, 3.63) is 23.3 Å². The maximum Gasteiger partial charge on any atom is 0.124 e. The van der Waals surface area contributed by atoms with Crippen molar-refractivity contribution in [1.82, 2.24) is 5.32 Å². The van der Waals surface area contributed by atoms with E-state index in [1.54, 1.807) is 14.2 Å². The fraction of sp³-hybridized carbons (Fsp3) is 0.538. The molecule has 0 saturated heterocycles. The summed E-state index contributed by atoms with van der Waals surface area (Å²) in [5, 5.41) is 3.36. The normalized spacial score (nSPS) is 23.0. The summed E-state index contributed by atoms with van der Waals surface area (Å²) in [6.07, 6.45) is 1.04. The number of benzene rings is 1. The van der Waals surface area contributed by atoms with Gasteiger partial charge in [0.1, 0.15) is 11.5 Å². The van der Waals surface area contributed by atoms with E-state index in [1.807, 2.05) is 19.2 Å². The molecule has 0 bridgehead atoms. The summed E-state index contributed by atoms with van der Waals surface area (Å²) in [4.78, 5) is 0. The van der Waals surface area contributed by atoms with Crippen molar-refractivity contribution in [2.45, 2.75) is 19.4 Å². The van der Waals surface area contributed by atoms with E-state index >= 15 is 0 Å². The molecule has 0 fully saturated rings. The summed E-state index contributed by atoms with van der Waals surface area (Å²) in [7, 11) is 5.44. The Hall–Kier alpha value is -1.22. The molecule has 3 nitrogen and oxygen atoms in total. The van der Waals surface area contributed by atoms with E-state index in [9.17, 15) is 0 Å². The third kappa shape index (κ3) is 1.55. The molecule has 0 spiro atoms. The summed E-state index contributed by atoms with van der Waals surface area (Å²) < 4.78 is 10.9. The van der Waals surface area contributed by atoms with E-state index in [-0.39, 0.29) is 0 Å². The van der Waals surface area contributed by atoms with Crippen LogP contribution in [-0.2, 0) is 6.42 Å².